The molecule has 0 bridgehead atoms. The summed E-state index contributed by atoms with van der Waals surface area (Å²) in [5.41, 5.74) is 1.70. The highest BCUT2D eigenvalue weighted by molar-refractivity contribution is 14.1. The molecule has 1 aromatic carbocycles. The van der Waals surface area contributed by atoms with Gasteiger partial charge in [-0.25, -0.2) is 0 Å². The Balaban J connectivity index is 2.13. The highest BCUT2D eigenvalue weighted by atomic mass is 127. The Morgan fingerprint density at radius 1 is 1.29 bits per heavy atom. The lowest BCUT2D eigenvalue weighted by Crippen LogP contribution is -2.26. The monoisotopic (exact) mass is 415 g/mol. The lowest BCUT2D eigenvalue weighted by Gasteiger charge is -2.19. The van der Waals surface area contributed by atoms with Gasteiger partial charge < -0.3 is 10.1 Å². The zero-order chi connectivity index (χ0) is 15.4. The number of thiophene rings is 1. The summed E-state index contributed by atoms with van der Waals surface area (Å²) in [5.74, 6) is 0.765. The summed E-state index contributed by atoms with van der Waals surface area (Å²) in [5, 5.41) is 4.90. The molecule has 0 aliphatic rings. The van der Waals surface area contributed by atoms with Crippen molar-refractivity contribution in [3.8, 4) is 5.75 Å². The molecule has 1 heterocycles. The second-order valence-corrected chi connectivity index (χ2v) is 7.84. The summed E-state index contributed by atoms with van der Waals surface area (Å²) in [7, 11) is 0. The van der Waals surface area contributed by atoms with Crippen LogP contribution in [0.4, 0.5) is 0 Å². The zero-order valence-electron chi connectivity index (χ0n) is 12.2. The molecule has 1 amide bonds. The molecule has 0 aliphatic carbocycles. The SMILES string of the molecule is CC(C)Oc1ccccc1C(C)NC(=O)c1csc(I)c1. The number of amides is 1. The van der Waals surface area contributed by atoms with Crippen LogP contribution in [-0.2, 0) is 0 Å². The van der Waals surface area contributed by atoms with Crippen LogP contribution in [-0.4, -0.2) is 12.0 Å². The number of carbonyl (C=O) groups is 1. The molecule has 1 N–H and O–H groups in total. The van der Waals surface area contributed by atoms with Gasteiger partial charge in [-0.05, 0) is 55.5 Å². The van der Waals surface area contributed by atoms with Crippen LogP contribution in [0.15, 0.2) is 35.7 Å². The topological polar surface area (TPSA) is 38.3 Å². The zero-order valence-corrected chi connectivity index (χ0v) is 15.2. The molecule has 1 unspecified atom stereocenters. The predicted molar refractivity (Wildman–Crippen MR) is 95.1 cm³/mol. The summed E-state index contributed by atoms with van der Waals surface area (Å²) >= 11 is 3.78. The Bertz CT molecular complexity index is 624. The van der Waals surface area contributed by atoms with Gasteiger partial charge in [0.05, 0.1) is 20.6 Å². The first-order valence-electron chi connectivity index (χ1n) is 6.78. The molecule has 2 aromatic rings. The van der Waals surface area contributed by atoms with Crippen molar-refractivity contribution in [2.75, 3.05) is 0 Å². The average Bonchev–Trinajstić information content (AvgIpc) is 2.85. The molecule has 0 saturated carbocycles. The Labute approximate surface area is 142 Å². The van der Waals surface area contributed by atoms with Gasteiger partial charge in [-0.2, -0.15) is 0 Å². The van der Waals surface area contributed by atoms with E-state index in [1.807, 2.05) is 56.5 Å². The van der Waals surface area contributed by atoms with Gasteiger partial charge in [-0.1, -0.05) is 18.2 Å². The van der Waals surface area contributed by atoms with E-state index in [2.05, 4.69) is 27.9 Å². The van der Waals surface area contributed by atoms with Crippen LogP contribution in [0.1, 0.15) is 42.7 Å². The molecule has 112 valence electrons. The highest BCUT2D eigenvalue weighted by Crippen LogP contribution is 2.26. The van der Waals surface area contributed by atoms with E-state index in [-0.39, 0.29) is 18.1 Å². The molecule has 0 fully saturated rings. The largest absolute Gasteiger partial charge is 0.491 e. The van der Waals surface area contributed by atoms with Crippen LogP contribution >= 0.6 is 33.9 Å². The van der Waals surface area contributed by atoms with E-state index in [1.165, 1.54) is 0 Å². The van der Waals surface area contributed by atoms with Gasteiger partial charge in [-0.3, -0.25) is 4.79 Å². The Morgan fingerprint density at radius 2 is 2.00 bits per heavy atom. The number of rotatable bonds is 5. The molecule has 1 atom stereocenters. The summed E-state index contributed by atoms with van der Waals surface area (Å²) in [6, 6.07) is 9.61. The van der Waals surface area contributed by atoms with Gasteiger partial charge in [0.1, 0.15) is 5.75 Å². The standard InChI is InChI=1S/C16H18INO2S/c1-10(2)20-14-7-5-4-6-13(14)11(3)18-16(19)12-8-15(17)21-9-12/h4-11H,1-3H3,(H,18,19). The van der Waals surface area contributed by atoms with Gasteiger partial charge in [0.15, 0.2) is 0 Å². The third-order valence-corrected chi connectivity index (χ3v) is 4.71. The van der Waals surface area contributed by atoms with Crippen LogP contribution in [0.25, 0.3) is 0 Å². The molecule has 3 nitrogen and oxygen atoms in total. The normalized spacial score (nSPS) is 12.2. The first-order valence-corrected chi connectivity index (χ1v) is 8.73. The number of hydrogen-bond acceptors (Lipinski definition) is 3. The second kappa shape index (κ2) is 7.26. The van der Waals surface area contributed by atoms with E-state index in [9.17, 15) is 4.79 Å². The minimum absolute atomic E-state index is 0.0546. The van der Waals surface area contributed by atoms with Gasteiger partial charge in [-0.15, -0.1) is 11.3 Å². The molecule has 2 rings (SSSR count). The van der Waals surface area contributed by atoms with Gasteiger partial charge in [0.2, 0.25) is 0 Å². The van der Waals surface area contributed by atoms with Crippen LogP contribution in [0, 0.1) is 2.88 Å². The maximum Gasteiger partial charge on any atom is 0.252 e. The lowest BCUT2D eigenvalue weighted by atomic mass is 10.1. The Hall–Kier alpha value is -1.08. The maximum absolute atomic E-state index is 12.2. The van der Waals surface area contributed by atoms with E-state index >= 15 is 0 Å². The van der Waals surface area contributed by atoms with Gasteiger partial charge >= 0.3 is 0 Å². The van der Waals surface area contributed by atoms with Crippen LogP contribution in [0.3, 0.4) is 0 Å². The fourth-order valence-corrected chi connectivity index (χ4v) is 3.31. The second-order valence-electron chi connectivity index (χ2n) is 5.04. The first-order chi connectivity index (χ1) is 9.97. The number of nitrogens with one attached hydrogen (secondary N) is 1. The van der Waals surface area contributed by atoms with Gasteiger partial charge in [0.25, 0.3) is 5.91 Å². The Morgan fingerprint density at radius 3 is 2.62 bits per heavy atom. The Kier molecular flexibility index (Phi) is 5.64. The summed E-state index contributed by atoms with van der Waals surface area (Å²) in [6.07, 6.45) is 0.104. The number of para-hydroxylation sites is 1. The minimum Gasteiger partial charge on any atom is -0.491 e. The van der Waals surface area contributed by atoms with Gasteiger partial charge in [0, 0.05) is 10.9 Å². The van der Waals surface area contributed by atoms with Crippen molar-refractivity contribution in [2.45, 2.75) is 32.9 Å². The lowest BCUT2D eigenvalue weighted by molar-refractivity contribution is 0.0939. The minimum atomic E-state index is -0.106. The molecular weight excluding hydrogens is 397 g/mol. The number of ether oxygens (including phenoxy) is 1. The quantitative estimate of drug-likeness (QED) is 0.724. The smallest absolute Gasteiger partial charge is 0.252 e. The fourth-order valence-electron chi connectivity index (χ4n) is 1.99. The third kappa shape index (κ3) is 4.44. The predicted octanol–water partition coefficient (Wildman–Crippen LogP) is 4.63. The molecule has 0 spiro atoms. The maximum atomic E-state index is 12.2. The highest BCUT2D eigenvalue weighted by Gasteiger charge is 2.16. The molecule has 0 radical (unpaired) electrons. The van der Waals surface area contributed by atoms with Crippen molar-refractivity contribution >= 4 is 39.8 Å². The van der Waals surface area contributed by atoms with Crippen LogP contribution in [0.5, 0.6) is 5.75 Å². The summed E-state index contributed by atoms with van der Waals surface area (Å²) in [6.45, 7) is 5.96. The van der Waals surface area contributed by atoms with E-state index in [0.29, 0.717) is 5.56 Å². The van der Waals surface area contributed by atoms with Crippen molar-refractivity contribution in [1.82, 2.24) is 5.32 Å². The average molecular weight is 415 g/mol. The van der Waals surface area contributed by atoms with Crippen molar-refractivity contribution in [2.24, 2.45) is 0 Å². The number of hydrogen-bond donors (Lipinski definition) is 1. The van der Waals surface area contributed by atoms with E-state index < -0.39 is 0 Å². The first kappa shape index (κ1) is 16.3. The number of carbonyl (C=O) groups excluding carboxylic acids is 1. The molecule has 0 saturated heterocycles. The molecule has 0 aliphatic heterocycles. The number of benzene rings is 1. The van der Waals surface area contributed by atoms with Crippen molar-refractivity contribution in [1.29, 1.82) is 0 Å². The summed E-state index contributed by atoms with van der Waals surface area (Å²) in [4.78, 5) is 12.2. The number of halogens is 1. The van der Waals surface area contributed by atoms with Crippen molar-refractivity contribution in [3.05, 3.63) is 49.7 Å². The van der Waals surface area contributed by atoms with Crippen LogP contribution in [0.2, 0.25) is 0 Å². The molecule has 1 aromatic heterocycles. The molecular formula is C16H18INO2S. The van der Waals surface area contributed by atoms with Crippen molar-refractivity contribution < 1.29 is 9.53 Å². The molecule has 21 heavy (non-hydrogen) atoms. The molecule has 5 heteroatoms. The fraction of sp³-hybridized carbons (Fsp3) is 0.312. The summed E-state index contributed by atoms with van der Waals surface area (Å²) < 4.78 is 6.91. The van der Waals surface area contributed by atoms with E-state index in [1.54, 1.807) is 11.3 Å². The van der Waals surface area contributed by atoms with Crippen molar-refractivity contribution in [3.63, 3.8) is 0 Å². The van der Waals surface area contributed by atoms with Crippen LogP contribution < -0.4 is 10.1 Å². The van der Waals surface area contributed by atoms with E-state index in [4.69, 9.17) is 4.74 Å². The third-order valence-electron chi connectivity index (χ3n) is 2.93. The van der Waals surface area contributed by atoms with E-state index in [0.717, 1.165) is 14.2 Å².